The van der Waals surface area contributed by atoms with E-state index in [4.69, 9.17) is 4.42 Å². The first-order valence-corrected chi connectivity index (χ1v) is 19.8. The minimum absolute atomic E-state index is 0.128. The van der Waals surface area contributed by atoms with Crippen LogP contribution in [0.3, 0.4) is 0 Å². The summed E-state index contributed by atoms with van der Waals surface area (Å²) < 4.78 is 8.99. The Labute approximate surface area is 324 Å². The van der Waals surface area contributed by atoms with E-state index in [1.807, 2.05) is 0 Å². The molecule has 1 aliphatic heterocycles. The van der Waals surface area contributed by atoms with E-state index < -0.39 is 0 Å². The third-order valence-corrected chi connectivity index (χ3v) is 12.0. The molecule has 3 heterocycles. The molecule has 0 spiro atoms. The van der Waals surface area contributed by atoms with Gasteiger partial charge in [-0.15, -0.1) is 0 Å². The second-order valence-electron chi connectivity index (χ2n) is 16.4. The van der Waals surface area contributed by atoms with Gasteiger partial charge in [-0.1, -0.05) is 111 Å². The van der Waals surface area contributed by atoms with Crippen LogP contribution in [0.1, 0.15) is 77.9 Å². The number of rotatable bonds is 4. The van der Waals surface area contributed by atoms with Gasteiger partial charge in [-0.3, -0.25) is 0 Å². The van der Waals surface area contributed by atoms with E-state index in [1.54, 1.807) is 0 Å². The molecule has 0 saturated carbocycles. The van der Waals surface area contributed by atoms with Crippen molar-refractivity contribution in [3.8, 4) is 5.69 Å². The summed E-state index contributed by atoms with van der Waals surface area (Å²) in [4.78, 5) is 2.43. The van der Waals surface area contributed by atoms with Gasteiger partial charge in [0.05, 0.1) is 0 Å². The molecule has 0 bridgehead atoms. The molecule has 55 heavy (non-hydrogen) atoms. The molecular weight excluding hydrogens is 669 g/mol. The van der Waals surface area contributed by atoms with Crippen LogP contribution in [0, 0.1) is 12.3 Å². The van der Waals surface area contributed by atoms with Crippen molar-refractivity contribution < 1.29 is 4.42 Å². The summed E-state index contributed by atoms with van der Waals surface area (Å²) >= 11 is 0. The summed E-state index contributed by atoms with van der Waals surface area (Å²) in [5, 5.41) is 2.33. The lowest BCUT2D eigenvalue weighted by Gasteiger charge is -2.27. The Morgan fingerprint density at radius 3 is 2.20 bits per heavy atom. The summed E-state index contributed by atoms with van der Waals surface area (Å²) in [6.45, 7) is 10.00. The summed E-state index contributed by atoms with van der Waals surface area (Å²) in [6.07, 6.45) is 17.3. The van der Waals surface area contributed by atoms with E-state index >= 15 is 0 Å². The van der Waals surface area contributed by atoms with Crippen molar-refractivity contribution in [2.75, 3.05) is 11.4 Å². The lowest BCUT2D eigenvalue weighted by molar-refractivity contribution is 0.474. The normalized spacial score (nSPS) is 19.1. The number of hydrogen-bond acceptors (Lipinski definition) is 2. The smallest absolute Gasteiger partial charge is 0.135 e. The van der Waals surface area contributed by atoms with Crippen molar-refractivity contribution in [1.82, 2.24) is 4.57 Å². The van der Waals surface area contributed by atoms with E-state index in [9.17, 15) is 0 Å². The number of furan rings is 1. The molecule has 2 aromatic heterocycles. The maximum Gasteiger partial charge on any atom is 0.135 e. The highest BCUT2D eigenvalue weighted by atomic mass is 16.3. The summed E-state index contributed by atoms with van der Waals surface area (Å²) in [5.41, 5.74) is 19.1. The Hall–Kier alpha value is -6.06. The van der Waals surface area contributed by atoms with Gasteiger partial charge in [-0.2, -0.15) is 0 Å². The van der Waals surface area contributed by atoms with E-state index in [2.05, 4.69) is 189 Å². The molecule has 3 heteroatoms. The molecular formula is C52H46N2O. The number of anilines is 2. The highest BCUT2D eigenvalue weighted by Crippen LogP contribution is 2.44. The third-order valence-electron chi connectivity index (χ3n) is 12.0. The second-order valence-corrected chi connectivity index (χ2v) is 16.4. The summed E-state index contributed by atoms with van der Waals surface area (Å²) in [6, 6.07) is 42.0. The molecule has 270 valence electrons. The highest BCUT2D eigenvalue weighted by molar-refractivity contribution is 6.07. The van der Waals surface area contributed by atoms with Gasteiger partial charge in [0.25, 0.3) is 0 Å². The molecule has 10 rings (SSSR count). The number of benzene rings is 5. The quantitative estimate of drug-likeness (QED) is 0.181. The van der Waals surface area contributed by atoms with Crippen molar-refractivity contribution in [1.29, 1.82) is 0 Å². The van der Waals surface area contributed by atoms with Gasteiger partial charge in [0.2, 0.25) is 0 Å². The topological polar surface area (TPSA) is 21.3 Å². The summed E-state index contributed by atoms with van der Waals surface area (Å²) in [5.74, 6) is 0.217. The van der Waals surface area contributed by atoms with Gasteiger partial charge in [-0.25, -0.2) is 0 Å². The molecule has 3 aliphatic rings. The van der Waals surface area contributed by atoms with Crippen molar-refractivity contribution in [3.05, 3.63) is 184 Å². The molecule has 0 N–H and O–H groups in total. The third kappa shape index (κ3) is 5.90. The first kappa shape index (κ1) is 33.5. The van der Waals surface area contributed by atoms with Gasteiger partial charge < -0.3 is 13.9 Å². The van der Waals surface area contributed by atoms with Gasteiger partial charge in [0, 0.05) is 51.7 Å². The zero-order chi connectivity index (χ0) is 37.3. The van der Waals surface area contributed by atoms with Crippen LogP contribution >= 0.6 is 0 Å². The standard InChI is InChI=1S/C52H46N2O/c1-34-17-21-47-42(28-34)35(2)29-36(12-11-27-53(47)40-13-7-5-8-14-40)38-19-23-50-44(31-38)45-32-39(20-24-51(45)55-50)37-18-22-48-43(30-37)46-33-52(3,4)26-25-49(46)54(48)41-15-9-6-10-16-41/h5-17,19-21,23-26,28-32,35H,18,22,27,33H2,1-4H3/b12-11-,36-29+. The molecule has 2 aliphatic carbocycles. The lowest BCUT2D eigenvalue weighted by Crippen LogP contribution is -2.18. The van der Waals surface area contributed by atoms with E-state index in [0.717, 1.165) is 42.4 Å². The van der Waals surface area contributed by atoms with Gasteiger partial charge >= 0.3 is 0 Å². The van der Waals surface area contributed by atoms with Crippen LogP contribution in [-0.4, -0.2) is 11.1 Å². The molecule has 5 aromatic carbocycles. The molecule has 0 radical (unpaired) electrons. The number of para-hydroxylation sites is 2. The van der Waals surface area contributed by atoms with Crippen molar-refractivity contribution in [2.24, 2.45) is 5.41 Å². The Morgan fingerprint density at radius 1 is 0.727 bits per heavy atom. The van der Waals surface area contributed by atoms with Crippen molar-refractivity contribution in [2.45, 2.75) is 52.9 Å². The minimum atomic E-state index is 0.128. The molecule has 0 fully saturated rings. The van der Waals surface area contributed by atoms with Gasteiger partial charge in [0.1, 0.15) is 11.2 Å². The first-order valence-electron chi connectivity index (χ1n) is 19.8. The van der Waals surface area contributed by atoms with E-state index in [0.29, 0.717) is 0 Å². The van der Waals surface area contributed by atoms with Crippen LogP contribution < -0.4 is 4.90 Å². The molecule has 0 saturated heterocycles. The zero-order valence-corrected chi connectivity index (χ0v) is 32.1. The van der Waals surface area contributed by atoms with Crippen molar-refractivity contribution in [3.63, 3.8) is 0 Å². The molecule has 7 aromatic rings. The number of nitrogens with zero attached hydrogens (tertiary/aromatic N) is 2. The van der Waals surface area contributed by atoms with Crippen LogP contribution in [0.4, 0.5) is 11.4 Å². The second kappa shape index (κ2) is 13.1. The largest absolute Gasteiger partial charge is 0.456 e. The molecule has 0 amide bonds. The first-order chi connectivity index (χ1) is 26.8. The average Bonchev–Trinajstić information content (AvgIpc) is 3.74. The van der Waals surface area contributed by atoms with Crippen LogP contribution in [0.5, 0.6) is 0 Å². The predicted octanol–water partition coefficient (Wildman–Crippen LogP) is 13.7. The zero-order valence-electron chi connectivity index (χ0n) is 32.1. The number of aromatic nitrogens is 1. The number of aryl methyl sites for hydroxylation is 1. The van der Waals surface area contributed by atoms with Crippen LogP contribution in [0.15, 0.2) is 144 Å². The average molecular weight is 715 g/mol. The fourth-order valence-corrected chi connectivity index (χ4v) is 9.19. The molecule has 1 unspecified atom stereocenters. The minimum Gasteiger partial charge on any atom is -0.456 e. The molecule has 1 atom stereocenters. The van der Waals surface area contributed by atoms with Crippen LogP contribution in [0.2, 0.25) is 0 Å². The fraction of sp³-hybridized carbons (Fsp3) is 0.192. The lowest BCUT2D eigenvalue weighted by atomic mass is 9.79. The number of allylic oxidation sites excluding steroid dienone is 5. The Morgan fingerprint density at radius 2 is 1.44 bits per heavy atom. The Balaban J connectivity index is 1.05. The Bertz CT molecular complexity index is 2750. The highest BCUT2D eigenvalue weighted by Gasteiger charge is 2.31. The predicted molar refractivity (Wildman–Crippen MR) is 232 cm³/mol. The van der Waals surface area contributed by atoms with Crippen LogP contribution in [-0.2, 0) is 12.8 Å². The van der Waals surface area contributed by atoms with Gasteiger partial charge in [0.15, 0.2) is 0 Å². The number of fused-ring (bicyclic) bond motifs is 7. The Kier molecular flexibility index (Phi) is 7.95. The number of hydrogen-bond donors (Lipinski definition) is 0. The SMILES string of the molecule is Cc1ccc2c(c1)C(C)/C=C(c1ccc3oc4ccc(C5=Cc6c7c(n(-c8ccccc8)c6CC5)C=CC(C)(C)C7)cc4c3c1)\C=C/CN2c1ccccc1. The maximum atomic E-state index is 6.48. The maximum absolute atomic E-state index is 6.48. The van der Waals surface area contributed by atoms with E-state index in [1.165, 1.54) is 78.4 Å². The summed E-state index contributed by atoms with van der Waals surface area (Å²) in [7, 11) is 0. The van der Waals surface area contributed by atoms with Crippen molar-refractivity contribution >= 4 is 56.6 Å². The monoisotopic (exact) mass is 714 g/mol. The van der Waals surface area contributed by atoms with E-state index in [-0.39, 0.29) is 11.3 Å². The van der Waals surface area contributed by atoms with Gasteiger partial charge in [-0.05, 0) is 137 Å². The van der Waals surface area contributed by atoms with Crippen LogP contribution in [0.25, 0.3) is 50.9 Å². The fourth-order valence-electron chi connectivity index (χ4n) is 9.19. The molecule has 3 nitrogen and oxygen atoms in total.